The molecule has 0 aromatic heterocycles. The van der Waals surface area contributed by atoms with Crippen molar-refractivity contribution in [1.82, 2.24) is 0 Å². The van der Waals surface area contributed by atoms with E-state index in [4.69, 9.17) is 19.7 Å². The van der Waals surface area contributed by atoms with Crippen LogP contribution in [0.5, 0.6) is 0 Å². The molecule has 0 aromatic carbocycles. The summed E-state index contributed by atoms with van der Waals surface area (Å²) in [4.78, 5) is 42.8. The first kappa shape index (κ1) is 63.4. The van der Waals surface area contributed by atoms with Crippen LogP contribution in [0.15, 0.2) is 24.3 Å². The summed E-state index contributed by atoms with van der Waals surface area (Å²) in [6.45, 7) is 9.87. The third-order valence-electron chi connectivity index (χ3n) is 10.6. The van der Waals surface area contributed by atoms with E-state index in [1.54, 1.807) is 8.87 Å². The quantitative estimate of drug-likeness (QED) is 0.0267. The van der Waals surface area contributed by atoms with E-state index >= 15 is 0 Å². The van der Waals surface area contributed by atoms with Crippen molar-refractivity contribution in [3.05, 3.63) is 24.3 Å². The van der Waals surface area contributed by atoms with Crippen molar-refractivity contribution in [3.8, 4) is 0 Å². The number of carboxylic acid groups (broad SMARTS) is 2. The van der Waals surface area contributed by atoms with Crippen LogP contribution in [-0.4, -0.2) is 68.4 Å². The Morgan fingerprint density at radius 3 is 0.754 bits per heavy atom. The average molecular weight is 970 g/mol. The van der Waals surface area contributed by atoms with Crippen LogP contribution in [-0.2, 0) is 28.7 Å². The Morgan fingerprint density at radius 1 is 0.328 bits per heavy atom. The Balaban J connectivity index is -0.000000918. The van der Waals surface area contributed by atoms with Crippen LogP contribution in [0, 0.1) is 0 Å². The predicted molar refractivity (Wildman–Crippen MR) is 260 cm³/mol. The molecular weight excluding hydrogens is 871 g/mol. The molecule has 0 saturated heterocycles. The van der Waals surface area contributed by atoms with Gasteiger partial charge in [-0.25, -0.2) is 19.2 Å². The molecule has 9 heteroatoms. The van der Waals surface area contributed by atoms with Crippen molar-refractivity contribution < 1.29 is 38.9 Å². The topological polar surface area (TPSA) is 127 Å². The summed E-state index contributed by atoms with van der Waals surface area (Å²) >= 11 is 0.149. The first-order valence-corrected chi connectivity index (χ1v) is 29.6. The molecule has 0 aliphatic heterocycles. The van der Waals surface area contributed by atoms with Crippen LogP contribution in [0.3, 0.4) is 0 Å². The third kappa shape index (κ3) is 67.4. The van der Waals surface area contributed by atoms with Crippen LogP contribution in [0.4, 0.5) is 0 Å². The Labute approximate surface area is 387 Å². The molecule has 8 nitrogen and oxygen atoms in total. The van der Waals surface area contributed by atoms with E-state index in [1.165, 1.54) is 205 Å². The summed E-state index contributed by atoms with van der Waals surface area (Å²) in [7, 11) is 0. The zero-order chi connectivity index (χ0) is 45.5. The van der Waals surface area contributed by atoms with Gasteiger partial charge >= 0.3 is 93.4 Å². The van der Waals surface area contributed by atoms with E-state index in [0.717, 1.165) is 50.0 Å². The summed E-state index contributed by atoms with van der Waals surface area (Å²) in [6.07, 6.45) is 51.3. The van der Waals surface area contributed by atoms with Crippen LogP contribution in [0.1, 0.15) is 259 Å². The van der Waals surface area contributed by atoms with E-state index in [-0.39, 0.29) is 21.1 Å². The molecule has 0 atom stereocenters. The molecular formula is C52H98O8Sn. The van der Waals surface area contributed by atoms with Gasteiger partial charge in [0, 0.05) is 24.3 Å². The maximum absolute atomic E-state index is 11.1. The van der Waals surface area contributed by atoms with E-state index < -0.39 is 23.9 Å². The summed E-state index contributed by atoms with van der Waals surface area (Å²) in [5, 5.41) is 16.8. The van der Waals surface area contributed by atoms with E-state index in [1.807, 2.05) is 0 Å². The number of esters is 2. The van der Waals surface area contributed by atoms with Crippen LogP contribution in [0.2, 0.25) is 8.87 Å². The number of unbranched alkanes of at least 4 members (excludes halogenated alkanes) is 32. The number of ether oxygens (including phenoxy) is 2. The molecule has 0 amide bonds. The van der Waals surface area contributed by atoms with Crippen molar-refractivity contribution >= 4 is 45.0 Å². The number of carboxylic acids is 2. The number of carbonyl (C=O) groups is 4. The Bertz CT molecular complexity index is 906. The van der Waals surface area contributed by atoms with Crippen LogP contribution in [0.25, 0.3) is 0 Å². The van der Waals surface area contributed by atoms with Crippen molar-refractivity contribution in [3.63, 3.8) is 0 Å². The molecule has 0 saturated carbocycles. The van der Waals surface area contributed by atoms with E-state index in [0.29, 0.717) is 13.2 Å². The van der Waals surface area contributed by atoms with Gasteiger partial charge < -0.3 is 19.7 Å². The minimum absolute atomic E-state index is 0.149. The Kier molecular flexibility index (Phi) is 60.5. The van der Waals surface area contributed by atoms with Crippen molar-refractivity contribution in [1.29, 1.82) is 0 Å². The van der Waals surface area contributed by atoms with Gasteiger partial charge in [0.25, 0.3) is 0 Å². The van der Waals surface area contributed by atoms with E-state index in [9.17, 15) is 19.2 Å². The standard InChI is InChI=1S/2C22H40O4.2C4H9.Sn/c2*1-2-3-4-5-6-7-8-9-10-11-12-13-14-15-16-17-20-26-22(25)19-18-21(23)24;2*1-3-4-2;/h2*18-19H,2-17,20H2,1H3,(H,23,24);2*1,3-4H2,2H3;/b2*19-18-;;;. The van der Waals surface area contributed by atoms with Gasteiger partial charge in [-0.15, -0.1) is 0 Å². The fourth-order valence-corrected chi connectivity index (χ4v) is 10.9. The van der Waals surface area contributed by atoms with Gasteiger partial charge in [-0.2, -0.15) is 0 Å². The fourth-order valence-electron chi connectivity index (χ4n) is 6.75. The molecule has 61 heavy (non-hydrogen) atoms. The maximum atomic E-state index is 11.1. The summed E-state index contributed by atoms with van der Waals surface area (Å²) < 4.78 is 13.1. The number of aliphatic carboxylic acids is 2. The van der Waals surface area contributed by atoms with Gasteiger partial charge in [0.1, 0.15) is 0 Å². The zero-order valence-corrected chi connectivity index (χ0v) is 43.3. The number of hydrogen-bond donors (Lipinski definition) is 2. The predicted octanol–water partition coefficient (Wildman–Crippen LogP) is 16.0. The third-order valence-corrected chi connectivity index (χ3v) is 14.7. The second kappa shape index (κ2) is 58.2. The first-order chi connectivity index (χ1) is 29.7. The first-order valence-electron chi connectivity index (χ1n) is 25.6. The molecule has 0 heterocycles. The SMILES string of the molecule is CCCCCCCCCCCCCCCCCCOC(=O)/C=C\C(=O)O.CCCCCCCCCCCCCCCCCCOC(=O)/C=C\C(=O)O.CCC[CH2][Sn][CH2]CCC. The van der Waals surface area contributed by atoms with Gasteiger partial charge in [0.2, 0.25) is 0 Å². The van der Waals surface area contributed by atoms with Crippen LogP contribution < -0.4 is 0 Å². The molecule has 0 rings (SSSR count). The van der Waals surface area contributed by atoms with E-state index in [2.05, 4.69) is 27.7 Å². The van der Waals surface area contributed by atoms with Gasteiger partial charge in [0.15, 0.2) is 0 Å². The molecule has 0 aromatic rings. The zero-order valence-electron chi connectivity index (χ0n) is 40.4. The Hall–Kier alpha value is -1.84. The van der Waals surface area contributed by atoms with Crippen molar-refractivity contribution in [2.75, 3.05) is 13.2 Å². The summed E-state index contributed by atoms with van der Waals surface area (Å²) in [5.74, 6) is -3.42. The molecule has 358 valence electrons. The monoisotopic (exact) mass is 971 g/mol. The Morgan fingerprint density at radius 2 is 0.541 bits per heavy atom. The summed E-state index contributed by atoms with van der Waals surface area (Å²) in [6, 6.07) is 0. The van der Waals surface area contributed by atoms with Gasteiger partial charge in [0.05, 0.1) is 13.2 Å². The van der Waals surface area contributed by atoms with Gasteiger partial charge in [-0.3, -0.25) is 0 Å². The van der Waals surface area contributed by atoms with Crippen molar-refractivity contribution in [2.45, 2.75) is 268 Å². The average Bonchev–Trinajstić information content (AvgIpc) is 3.24. The van der Waals surface area contributed by atoms with Gasteiger partial charge in [-0.1, -0.05) is 206 Å². The normalized spacial score (nSPS) is 11.0. The van der Waals surface area contributed by atoms with Gasteiger partial charge in [-0.05, 0) is 12.8 Å². The number of carbonyl (C=O) groups excluding carboxylic acids is 2. The molecule has 0 unspecified atom stereocenters. The second-order valence-corrected chi connectivity index (χ2v) is 21.0. The molecule has 0 bridgehead atoms. The van der Waals surface area contributed by atoms with Crippen LogP contribution >= 0.6 is 0 Å². The molecule has 0 aliphatic rings. The van der Waals surface area contributed by atoms with Crippen molar-refractivity contribution in [2.24, 2.45) is 0 Å². The molecule has 2 radical (unpaired) electrons. The number of rotatable bonds is 44. The minimum atomic E-state index is -1.13. The molecule has 2 N–H and O–H groups in total. The summed E-state index contributed by atoms with van der Waals surface area (Å²) in [5.41, 5.74) is 0. The molecule has 0 fully saturated rings. The second-order valence-electron chi connectivity index (χ2n) is 16.7. The fraction of sp³-hybridized carbons (Fsp3) is 0.846. The molecule has 0 aliphatic carbocycles. The molecule has 0 spiro atoms. The number of hydrogen-bond acceptors (Lipinski definition) is 6.